The topological polar surface area (TPSA) is 29.1 Å². The molecule has 11 heavy (non-hydrogen) atoms. The summed E-state index contributed by atoms with van der Waals surface area (Å²) in [5, 5.41) is 3.06. The predicted octanol–water partition coefficient (Wildman–Crippen LogP) is 2.22. The summed E-state index contributed by atoms with van der Waals surface area (Å²) in [6, 6.07) is 5.46. The summed E-state index contributed by atoms with van der Waals surface area (Å²) in [6.45, 7) is 1.94. The number of aryl methyl sites for hydroxylation is 1. The van der Waals surface area contributed by atoms with Crippen molar-refractivity contribution >= 4 is 23.7 Å². The van der Waals surface area contributed by atoms with Gasteiger partial charge in [-0.3, -0.25) is 4.79 Å². The fourth-order valence-electron chi connectivity index (χ4n) is 0.801. The van der Waals surface area contributed by atoms with Gasteiger partial charge in [-0.05, 0) is 24.6 Å². The van der Waals surface area contributed by atoms with Crippen LogP contribution in [-0.4, -0.2) is 6.41 Å². The molecule has 1 aromatic carbocycles. The molecule has 0 aliphatic heterocycles. The summed E-state index contributed by atoms with van der Waals surface area (Å²) in [6.07, 6.45) is 0.608. The largest absolute Gasteiger partial charge is 0.327 e. The quantitative estimate of drug-likeness (QED) is 0.676. The number of amides is 1. The van der Waals surface area contributed by atoms with Crippen molar-refractivity contribution in [3.63, 3.8) is 0 Å². The van der Waals surface area contributed by atoms with Gasteiger partial charge in [0, 0.05) is 0 Å². The van der Waals surface area contributed by atoms with Crippen molar-refractivity contribution in [2.45, 2.75) is 6.92 Å². The Morgan fingerprint density at radius 1 is 1.55 bits per heavy atom. The Labute approximate surface area is 70.2 Å². The van der Waals surface area contributed by atoms with Gasteiger partial charge in [0.05, 0.1) is 10.7 Å². The molecule has 0 saturated carbocycles. The van der Waals surface area contributed by atoms with Crippen LogP contribution >= 0.6 is 11.6 Å². The molecule has 2 nitrogen and oxygen atoms in total. The molecule has 0 heterocycles. The van der Waals surface area contributed by atoms with E-state index >= 15 is 0 Å². The lowest BCUT2D eigenvalue weighted by Gasteiger charge is -2.01. The zero-order chi connectivity index (χ0) is 8.27. The third-order valence-corrected chi connectivity index (χ3v) is 1.65. The first-order valence-electron chi connectivity index (χ1n) is 3.20. The molecule has 1 N–H and O–H groups in total. The third kappa shape index (κ3) is 1.95. The van der Waals surface area contributed by atoms with Gasteiger partial charge in [-0.2, -0.15) is 0 Å². The van der Waals surface area contributed by atoms with Crippen LogP contribution in [0.25, 0.3) is 0 Å². The Kier molecular flexibility index (Phi) is 2.49. The first kappa shape index (κ1) is 8.08. The van der Waals surface area contributed by atoms with Crippen molar-refractivity contribution < 1.29 is 4.79 Å². The Hall–Kier alpha value is -1.02. The van der Waals surface area contributed by atoms with E-state index in [1.165, 1.54) is 0 Å². The Morgan fingerprint density at radius 3 is 2.82 bits per heavy atom. The van der Waals surface area contributed by atoms with Crippen LogP contribution in [-0.2, 0) is 4.79 Å². The van der Waals surface area contributed by atoms with Gasteiger partial charge in [0.25, 0.3) is 0 Å². The summed E-state index contributed by atoms with van der Waals surface area (Å²) < 4.78 is 0. The van der Waals surface area contributed by atoms with Crippen LogP contribution in [0.2, 0.25) is 5.02 Å². The average molecular weight is 170 g/mol. The van der Waals surface area contributed by atoms with Crippen molar-refractivity contribution in [1.82, 2.24) is 0 Å². The van der Waals surface area contributed by atoms with Crippen molar-refractivity contribution in [1.29, 1.82) is 0 Å². The first-order chi connectivity index (χ1) is 5.24. The summed E-state index contributed by atoms with van der Waals surface area (Å²) in [5.74, 6) is 0. The molecule has 0 aliphatic carbocycles. The van der Waals surface area contributed by atoms with Crippen LogP contribution in [0.15, 0.2) is 18.2 Å². The van der Waals surface area contributed by atoms with Gasteiger partial charge in [0.15, 0.2) is 0 Å². The van der Waals surface area contributed by atoms with Gasteiger partial charge in [-0.15, -0.1) is 0 Å². The number of hydrogen-bond acceptors (Lipinski definition) is 1. The zero-order valence-corrected chi connectivity index (χ0v) is 6.85. The summed E-state index contributed by atoms with van der Waals surface area (Å²) in [4.78, 5) is 10.0. The van der Waals surface area contributed by atoms with Crippen LogP contribution in [0.5, 0.6) is 0 Å². The molecule has 0 aliphatic rings. The standard InChI is InChI=1S/C8H8ClNO/c1-6-2-3-8(10-5-11)7(9)4-6/h2-5H,1H3,(H,10,11). The van der Waals surface area contributed by atoms with Gasteiger partial charge in [0.2, 0.25) is 6.41 Å². The molecule has 58 valence electrons. The third-order valence-electron chi connectivity index (χ3n) is 1.34. The number of hydrogen-bond donors (Lipinski definition) is 1. The highest BCUT2D eigenvalue weighted by Gasteiger charge is 1.96. The van der Waals surface area contributed by atoms with Crippen LogP contribution in [0.1, 0.15) is 5.56 Å². The van der Waals surface area contributed by atoms with E-state index in [0.717, 1.165) is 5.56 Å². The maximum absolute atomic E-state index is 10.0. The lowest BCUT2D eigenvalue weighted by atomic mass is 10.2. The lowest BCUT2D eigenvalue weighted by molar-refractivity contribution is -0.105. The minimum absolute atomic E-state index is 0.567. The molecule has 3 heteroatoms. The molecular formula is C8H8ClNO. The van der Waals surface area contributed by atoms with E-state index in [4.69, 9.17) is 11.6 Å². The molecule has 1 rings (SSSR count). The Morgan fingerprint density at radius 2 is 2.27 bits per heavy atom. The minimum Gasteiger partial charge on any atom is -0.327 e. The van der Waals surface area contributed by atoms with Crippen LogP contribution < -0.4 is 5.32 Å². The number of carbonyl (C=O) groups excluding carboxylic acids is 1. The summed E-state index contributed by atoms with van der Waals surface area (Å²) in [7, 11) is 0. The highest BCUT2D eigenvalue weighted by atomic mass is 35.5. The SMILES string of the molecule is Cc1ccc(NC=O)c(Cl)c1. The molecule has 0 fully saturated rings. The maximum atomic E-state index is 10.0. The van der Waals surface area contributed by atoms with Crippen molar-refractivity contribution in [3.05, 3.63) is 28.8 Å². The number of anilines is 1. The zero-order valence-electron chi connectivity index (χ0n) is 6.10. The summed E-state index contributed by atoms with van der Waals surface area (Å²) >= 11 is 5.79. The van der Waals surface area contributed by atoms with Crippen molar-refractivity contribution in [3.8, 4) is 0 Å². The fourth-order valence-corrected chi connectivity index (χ4v) is 1.09. The second kappa shape index (κ2) is 3.39. The average Bonchev–Trinajstić information content (AvgIpc) is 1.95. The van der Waals surface area contributed by atoms with E-state index in [0.29, 0.717) is 17.1 Å². The number of benzene rings is 1. The van der Waals surface area contributed by atoms with Crippen molar-refractivity contribution in [2.75, 3.05) is 5.32 Å². The van der Waals surface area contributed by atoms with E-state index in [1.54, 1.807) is 12.1 Å². The maximum Gasteiger partial charge on any atom is 0.211 e. The molecule has 0 radical (unpaired) electrons. The molecule has 1 amide bonds. The molecule has 0 saturated heterocycles. The van der Waals surface area contributed by atoms with E-state index in [-0.39, 0.29) is 0 Å². The van der Waals surface area contributed by atoms with Crippen LogP contribution in [0.4, 0.5) is 5.69 Å². The highest BCUT2D eigenvalue weighted by molar-refractivity contribution is 6.33. The van der Waals surface area contributed by atoms with Crippen LogP contribution in [0.3, 0.4) is 0 Å². The molecule has 0 spiro atoms. The molecule has 1 aromatic rings. The molecule has 0 bridgehead atoms. The number of halogens is 1. The lowest BCUT2D eigenvalue weighted by Crippen LogP contribution is -1.94. The normalized spacial score (nSPS) is 9.27. The van der Waals surface area contributed by atoms with Crippen molar-refractivity contribution in [2.24, 2.45) is 0 Å². The predicted molar refractivity (Wildman–Crippen MR) is 45.9 cm³/mol. The molecule has 0 aromatic heterocycles. The number of rotatable bonds is 2. The second-order valence-corrected chi connectivity index (χ2v) is 2.65. The summed E-state index contributed by atoms with van der Waals surface area (Å²) in [5.41, 5.74) is 1.72. The second-order valence-electron chi connectivity index (χ2n) is 2.25. The van der Waals surface area contributed by atoms with Gasteiger partial charge >= 0.3 is 0 Å². The van der Waals surface area contributed by atoms with E-state index in [9.17, 15) is 4.79 Å². The molecule has 0 atom stereocenters. The Bertz CT molecular complexity index is 273. The molecule has 0 unspecified atom stereocenters. The number of carbonyl (C=O) groups is 1. The smallest absolute Gasteiger partial charge is 0.211 e. The van der Waals surface area contributed by atoms with E-state index < -0.39 is 0 Å². The van der Waals surface area contributed by atoms with E-state index in [2.05, 4.69) is 5.32 Å². The van der Waals surface area contributed by atoms with Gasteiger partial charge < -0.3 is 5.32 Å². The van der Waals surface area contributed by atoms with Gasteiger partial charge in [-0.1, -0.05) is 17.7 Å². The Balaban J connectivity index is 2.98. The first-order valence-corrected chi connectivity index (χ1v) is 3.58. The monoisotopic (exact) mass is 169 g/mol. The minimum atomic E-state index is 0.567. The van der Waals surface area contributed by atoms with E-state index in [1.807, 2.05) is 13.0 Å². The highest BCUT2D eigenvalue weighted by Crippen LogP contribution is 2.21. The van der Waals surface area contributed by atoms with Crippen LogP contribution in [0, 0.1) is 6.92 Å². The number of nitrogens with one attached hydrogen (secondary N) is 1. The van der Waals surface area contributed by atoms with Gasteiger partial charge in [-0.25, -0.2) is 0 Å². The van der Waals surface area contributed by atoms with Gasteiger partial charge in [0.1, 0.15) is 0 Å². The molecular weight excluding hydrogens is 162 g/mol. The fraction of sp³-hybridized carbons (Fsp3) is 0.125.